The number of ether oxygens (including phenoxy) is 1. The Morgan fingerprint density at radius 3 is 2.58 bits per heavy atom. The summed E-state index contributed by atoms with van der Waals surface area (Å²) in [6, 6.07) is -0.379. The molecule has 19 heavy (non-hydrogen) atoms. The molecular weight excluding hydrogens is 240 g/mol. The van der Waals surface area contributed by atoms with Crippen LogP contribution in [0, 0.1) is 11.8 Å². The standard InChI is InChI=1S/C15H28N2O2/c1-4-19-15(18)14(11-13-7-5-6-8-13)17-16-10-9-12(2)3/h12-14H,4-11H2,1-3H3. The van der Waals surface area contributed by atoms with Crippen molar-refractivity contribution < 1.29 is 9.53 Å². The Balaban J connectivity index is 2.45. The highest BCUT2D eigenvalue weighted by atomic mass is 16.5. The lowest BCUT2D eigenvalue weighted by Gasteiger charge is -2.14. The van der Waals surface area contributed by atoms with Gasteiger partial charge in [0.05, 0.1) is 13.2 Å². The molecule has 0 aromatic carbocycles. The van der Waals surface area contributed by atoms with Gasteiger partial charge in [-0.25, -0.2) is 4.79 Å². The van der Waals surface area contributed by atoms with E-state index in [-0.39, 0.29) is 12.0 Å². The maximum Gasteiger partial charge on any atom is 0.332 e. The number of nitrogens with zero attached hydrogens (tertiary/aromatic N) is 2. The molecule has 0 aromatic rings. The molecule has 0 heterocycles. The summed E-state index contributed by atoms with van der Waals surface area (Å²) in [6.07, 6.45) is 6.83. The van der Waals surface area contributed by atoms with Gasteiger partial charge in [0.15, 0.2) is 6.04 Å². The van der Waals surface area contributed by atoms with Crippen LogP contribution in [0.25, 0.3) is 0 Å². The third-order valence-electron chi connectivity index (χ3n) is 3.62. The largest absolute Gasteiger partial charge is 0.464 e. The van der Waals surface area contributed by atoms with E-state index in [4.69, 9.17) is 4.74 Å². The molecule has 1 atom stereocenters. The monoisotopic (exact) mass is 268 g/mol. The average Bonchev–Trinajstić information content (AvgIpc) is 2.85. The van der Waals surface area contributed by atoms with E-state index in [1.165, 1.54) is 25.7 Å². The average molecular weight is 268 g/mol. The zero-order valence-corrected chi connectivity index (χ0v) is 12.6. The van der Waals surface area contributed by atoms with E-state index in [0.29, 0.717) is 25.0 Å². The van der Waals surface area contributed by atoms with Gasteiger partial charge in [0.2, 0.25) is 0 Å². The van der Waals surface area contributed by atoms with Crippen LogP contribution in [0.5, 0.6) is 0 Å². The lowest BCUT2D eigenvalue weighted by atomic mass is 9.99. The fraction of sp³-hybridized carbons (Fsp3) is 0.933. The van der Waals surface area contributed by atoms with Gasteiger partial charge in [0, 0.05) is 0 Å². The zero-order chi connectivity index (χ0) is 14.1. The van der Waals surface area contributed by atoms with Crippen LogP contribution in [-0.4, -0.2) is 25.2 Å². The summed E-state index contributed by atoms with van der Waals surface area (Å²) in [5, 5.41) is 8.41. The number of carbonyl (C=O) groups is 1. The molecule has 0 bridgehead atoms. The Bertz CT molecular complexity index is 284. The first kappa shape index (κ1) is 16.1. The maximum absolute atomic E-state index is 11.9. The number of carbonyl (C=O) groups excluding carboxylic acids is 1. The highest BCUT2D eigenvalue weighted by Crippen LogP contribution is 2.29. The van der Waals surface area contributed by atoms with Crippen LogP contribution < -0.4 is 0 Å². The predicted molar refractivity (Wildman–Crippen MR) is 76.2 cm³/mol. The summed E-state index contributed by atoms with van der Waals surface area (Å²) in [5.74, 6) is 1.04. The predicted octanol–water partition coefficient (Wildman–Crippen LogP) is 4.00. The minimum absolute atomic E-state index is 0.206. The number of hydrogen-bond acceptors (Lipinski definition) is 4. The number of esters is 1. The molecule has 1 rings (SSSR count). The first-order valence-corrected chi connectivity index (χ1v) is 7.66. The SMILES string of the molecule is CCOC(=O)C(CC1CCCC1)N=NCCC(C)C. The van der Waals surface area contributed by atoms with E-state index >= 15 is 0 Å². The number of hydrogen-bond donors (Lipinski definition) is 0. The molecule has 1 aliphatic carbocycles. The van der Waals surface area contributed by atoms with Gasteiger partial charge in [-0.3, -0.25) is 0 Å². The second kappa shape index (κ2) is 9.05. The Morgan fingerprint density at radius 2 is 2.00 bits per heavy atom. The lowest BCUT2D eigenvalue weighted by molar-refractivity contribution is -0.145. The third-order valence-corrected chi connectivity index (χ3v) is 3.62. The summed E-state index contributed by atoms with van der Waals surface area (Å²) >= 11 is 0. The van der Waals surface area contributed by atoms with Crippen LogP contribution in [0.2, 0.25) is 0 Å². The maximum atomic E-state index is 11.9. The minimum Gasteiger partial charge on any atom is -0.464 e. The van der Waals surface area contributed by atoms with Crippen LogP contribution in [0.1, 0.15) is 59.3 Å². The molecule has 4 heteroatoms. The van der Waals surface area contributed by atoms with Crippen LogP contribution >= 0.6 is 0 Å². The zero-order valence-electron chi connectivity index (χ0n) is 12.6. The topological polar surface area (TPSA) is 51.0 Å². The van der Waals surface area contributed by atoms with Gasteiger partial charge < -0.3 is 4.74 Å². The van der Waals surface area contributed by atoms with Gasteiger partial charge >= 0.3 is 5.97 Å². The summed E-state index contributed by atoms with van der Waals surface area (Å²) < 4.78 is 5.10. The molecule has 0 N–H and O–H groups in total. The van der Waals surface area contributed by atoms with Gasteiger partial charge in [-0.15, -0.1) is 0 Å². The van der Waals surface area contributed by atoms with E-state index in [1.54, 1.807) is 0 Å². The molecule has 110 valence electrons. The quantitative estimate of drug-likeness (QED) is 0.493. The van der Waals surface area contributed by atoms with E-state index in [9.17, 15) is 4.79 Å². The van der Waals surface area contributed by atoms with E-state index in [2.05, 4.69) is 24.1 Å². The smallest absolute Gasteiger partial charge is 0.332 e. The molecule has 0 radical (unpaired) electrons. The summed E-state index contributed by atoms with van der Waals surface area (Å²) in [5.41, 5.74) is 0. The molecule has 0 aliphatic heterocycles. The fourth-order valence-corrected chi connectivity index (χ4v) is 2.46. The molecule has 1 unspecified atom stereocenters. The van der Waals surface area contributed by atoms with Gasteiger partial charge in [0.1, 0.15) is 0 Å². The van der Waals surface area contributed by atoms with Gasteiger partial charge in [-0.05, 0) is 31.6 Å². The molecule has 1 aliphatic rings. The van der Waals surface area contributed by atoms with E-state index < -0.39 is 0 Å². The molecule has 1 saturated carbocycles. The summed E-state index contributed by atoms with van der Waals surface area (Å²) in [6.45, 7) is 7.29. The summed E-state index contributed by atoms with van der Waals surface area (Å²) in [4.78, 5) is 11.9. The second-order valence-electron chi connectivity index (χ2n) is 5.82. The molecular formula is C15H28N2O2. The van der Waals surface area contributed by atoms with Gasteiger partial charge in [0.25, 0.3) is 0 Å². The minimum atomic E-state index is -0.379. The van der Waals surface area contributed by atoms with Crippen molar-refractivity contribution in [3.8, 4) is 0 Å². The lowest BCUT2D eigenvalue weighted by Crippen LogP contribution is -2.23. The molecule has 0 spiro atoms. The van der Waals surface area contributed by atoms with Crippen molar-refractivity contribution in [3.05, 3.63) is 0 Å². The van der Waals surface area contributed by atoms with Crippen molar-refractivity contribution >= 4 is 5.97 Å². The van der Waals surface area contributed by atoms with Crippen molar-refractivity contribution in [3.63, 3.8) is 0 Å². The van der Waals surface area contributed by atoms with Crippen molar-refractivity contribution in [1.29, 1.82) is 0 Å². The van der Waals surface area contributed by atoms with Crippen molar-refractivity contribution in [2.45, 2.75) is 65.3 Å². The highest BCUT2D eigenvalue weighted by molar-refractivity contribution is 5.75. The number of azo groups is 1. The molecule has 0 amide bonds. The first-order valence-electron chi connectivity index (χ1n) is 7.66. The van der Waals surface area contributed by atoms with Crippen LogP contribution in [-0.2, 0) is 9.53 Å². The van der Waals surface area contributed by atoms with E-state index in [0.717, 1.165) is 12.8 Å². The molecule has 4 nitrogen and oxygen atoms in total. The van der Waals surface area contributed by atoms with Crippen molar-refractivity contribution in [1.82, 2.24) is 0 Å². The van der Waals surface area contributed by atoms with Crippen LogP contribution in [0.15, 0.2) is 10.2 Å². The first-order chi connectivity index (χ1) is 9.13. The van der Waals surface area contributed by atoms with Crippen LogP contribution in [0.4, 0.5) is 0 Å². The summed E-state index contributed by atoms with van der Waals surface area (Å²) in [7, 11) is 0. The van der Waals surface area contributed by atoms with Crippen molar-refractivity contribution in [2.75, 3.05) is 13.2 Å². The van der Waals surface area contributed by atoms with Crippen molar-refractivity contribution in [2.24, 2.45) is 22.1 Å². The molecule has 1 fully saturated rings. The Hall–Kier alpha value is -0.930. The molecule has 0 saturated heterocycles. The second-order valence-corrected chi connectivity index (χ2v) is 5.82. The Labute approximate surface area is 117 Å². The van der Waals surface area contributed by atoms with Crippen LogP contribution in [0.3, 0.4) is 0 Å². The fourth-order valence-electron chi connectivity index (χ4n) is 2.46. The normalized spacial score (nSPS) is 18.3. The Morgan fingerprint density at radius 1 is 1.32 bits per heavy atom. The van der Waals surface area contributed by atoms with Gasteiger partial charge in [-0.1, -0.05) is 39.5 Å². The Kier molecular flexibility index (Phi) is 7.68. The van der Waals surface area contributed by atoms with Gasteiger partial charge in [-0.2, -0.15) is 10.2 Å². The molecule has 0 aromatic heterocycles. The highest BCUT2D eigenvalue weighted by Gasteiger charge is 2.26. The van der Waals surface area contributed by atoms with E-state index in [1.807, 2.05) is 6.92 Å². The number of rotatable bonds is 8. The third kappa shape index (κ3) is 6.69.